The average molecular weight is 489 g/mol. The topological polar surface area (TPSA) is 85.8 Å². The van der Waals surface area contributed by atoms with Crippen LogP contribution in [-0.2, 0) is 4.79 Å². The molecule has 168 valence electrons. The lowest BCUT2D eigenvalue weighted by atomic mass is 10.1. The first-order valence-electron chi connectivity index (χ1n) is 10.1. The van der Waals surface area contributed by atoms with Gasteiger partial charge in [-0.25, -0.2) is 0 Å². The number of fused-ring (bicyclic) bond motifs is 1. The number of thiocarbonyl (C=S) groups is 1. The van der Waals surface area contributed by atoms with Crippen molar-refractivity contribution in [3.63, 3.8) is 0 Å². The second kappa shape index (κ2) is 8.77. The number of non-ortho nitro benzene ring substituents is 1. The van der Waals surface area contributed by atoms with Crippen molar-refractivity contribution in [2.24, 2.45) is 0 Å². The maximum Gasteiger partial charge on any atom is 0.273 e. The van der Waals surface area contributed by atoms with Crippen LogP contribution in [0.15, 0.2) is 82.1 Å². The molecule has 2 heterocycles. The van der Waals surface area contributed by atoms with Crippen molar-refractivity contribution in [1.29, 1.82) is 0 Å². The van der Waals surface area contributed by atoms with E-state index in [1.165, 1.54) is 35.9 Å². The lowest BCUT2D eigenvalue weighted by Crippen LogP contribution is -2.27. The molecule has 3 aromatic carbocycles. The third-order valence-electron chi connectivity index (χ3n) is 5.36. The molecular weight excluding hydrogens is 472 g/mol. The molecule has 1 aliphatic rings. The first kappa shape index (κ1) is 21.9. The van der Waals surface area contributed by atoms with Crippen LogP contribution in [0.2, 0.25) is 0 Å². The minimum Gasteiger partial charge on any atom is -0.496 e. The molecule has 0 saturated carbocycles. The normalized spacial score (nSPS) is 14.9. The number of ether oxygens (including phenoxy) is 1. The number of benzene rings is 3. The van der Waals surface area contributed by atoms with Gasteiger partial charge in [-0.15, -0.1) is 0 Å². The molecular formula is C25H16N2O5S2. The Kier molecular flexibility index (Phi) is 5.64. The number of methoxy groups -OCH3 is 1. The van der Waals surface area contributed by atoms with Crippen LogP contribution in [0.5, 0.6) is 5.75 Å². The van der Waals surface area contributed by atoms with E-state index < -0.39 is 4.92 Å². The molecule has 0 spiro atoms. The summed E-state index contributed by atoms with van der Waals surface area (Å²) in [6.07, 6.45) is 1.64. The van der Waals surface area contributed by atoms with Gasteiger partial charge in [0.05, 0.1) is 34.3 Å². The van der Waals surface area contributed by atoms with Gasteiger partial charge >= 0.3 is 0 Å². The van der Waals surface area contributed by atoms with Gasteiger partial charge in [0.15, 0.2) is 4.32 Å². The van der Waals surface area contributed by atoms with Crippen molar-refractivity contribution < 1.29 is 18.9 Å². The Morgan fingerprint density at radius 1 is 1.09 bits per heavy atom. The zero-order valence-electron chi connectivity index (χ0n) is 17.8. The second-order valence-electron chi connectivity index (χ2n) is 7.36. The number of nitro groups is 1. The Bertz CT molecular complexity index is 1500. The van der Waals surface area contributed by atoms with Crippen LogP contribution >= 0.6 is 24.0 Å². The van der Waals surface area contributed by atoms with E-state index in [-0.39, 0.29) is 11.6 Å². The van der Waals surface area contributed by atoms with E-state index in [0.29, 0.717) is 32.1 Å². The lowest BCUT2D eigenvalue weighted by molar-refractivity contribution is -0.384. The molecule has 5 rings (SSSR count). The Morgan fingerprint density at radius 3 is 2.68 bits per heavy atom. The number of thioether (sulfide) groups is 1. The molecule has 1 saturated heterocycles. The molecule has 9 heteroatoms. The highest BCUT2D eigenvalue weighted by molar-refractivity contribution is 8.27. The molecule has 0 unspecified atom stereocenters. The summed E-state index contributed by atoms with van der Waals surface area (Å²) in [4.78, 5) is 25.8. The highest BCUT2D eigenvalue weighted by atomic mass is 32.2. The summed E-state index contributed by atoms with van der Waals surface area (Å²) in [6.45, 7) is 0. The number of rotatable bonds is 5. The number of carbonyl (C=O) groups excluding carboxylic acids is 1. The summed E-state index contributed by atoms with van der Waals surface area (Å²) in [5.74, 6) is 1.01. The van der Waals surface area contributed by atoms with E-state index in [2.05, 4.69) is 0 Å². The standard InChI is InChI=1S/C25H16N2O5S2/c1-31-22-13-16(27(29)30)9-11-19(22)21-12-10-17(32-21)14-23-24(28)26(25(33)34-23)20-8-4-6-15-5-2-3-7-18(15)20/h2-14H,1H3/b23-14+. The number of anilines is 1. The molecule has 0 radical (unpaired) electrons. The number of furan rings is 1. The fraction of sp³-hybridized carbons (Fsp3) is 0.0400. The predicted molar refractivity (Wildman–Crippen MR) is 137 cm³/mol. The van der Waals surface area contributed by atoms with Crippen molar-refractivity contribution in [1.82, 2.24) is 0 Å². The molecule has 1 amide bonds. The number of hydrogen-bond acceptors (Lipinski definition) is 7. The molecule has 1 fully saturated rings. The fourth-order valence-corrected chi connectivity index (χ4v) is 5.05. The van der Waals surface area contributed by atoms with Gasteiger partial charge in [-0.05, 0) is 29.7 Å². The number of amides is 1. The summed E-state index contributed by atoms with van der Waals surface area (Å²) in [7, 11) is 1.44. The number of nitro benzene ring substituents is 1. The Labute approximate surface area is 203 Å². The third kappa shape index (κ3) is 3.85. The predicted octanol–water partition coefficient (Wildman–Crippen LogP) is 6.42. The van der Waals surface area contributed by atoms with Crippen molar-refractivity contribution in [2.75, 3.05) is 12.0 Å². The van der Waals surface area contributed by atoms with Crippen LogP contribution in [0.1, 0.15) is 5.76 Å². The number of nitrogens with zero attached hydrogens (tertiary/aromatic N) is 2. The third-order valence-corrected chi connectivity index (χ3v) is 6.66. The van der Waals surface area contributed by atoms with Gasteiger partial charge in [0.25, 0.3) is 11.6 Å². The molecule has 7 nitrogen and oxygen atoms in total. The van der Waals surface area contributed by atoms with E-state index in [4.69, 9.17) is 21.4 Å². The summed E-state index contributed by atoms with van der Waals surface area (Å²) in [6, 6.07) is 21.3. The highest BCUT2D eigenvalue weighted by Gasteiger charge is 2.34. The van der Waals surface area contributed by atoms with E-state index in [0.717, 1.165) is 16.5 Å². The van der Waals surface area contributed by atoms with Crippen LogP contribution in [-0.4, -0.2) is 22.3 Å². The Hall–Kier alpha value is -3.95. The molecule has 0 N–H and O–H groups in total. The minimum atomic E-state index is -0.488. The Morgan fingerprint density at radius 2 is 1.88 bits per heavy atom. The lowest BCUT2D eigenvalue weighted by Gasteiger charge is -2.17. The van der Waals surface area contributed by atoms with E-state index >= 15 is 0 Å². The van der Waals surface area contributed by atoms with Gasteiger partial charge in [-0.2, -0.15) is 0 Å². The smallest absolute Gasteiger partial charge is 0.273 e. The van der Waals surface area contributed by atoms with Crippen LogP contribution in [0.4, 0.5) is 11.4 Å². The van der Waals surface area contributed by atoms with Crippen molar-refractivity contribution in [2.45, 2.75) is 0 Å². The van der Waals surface area contributed by atoms with Crippen LogP contribution < -0.4 is 9.64 Å². The molecule has 0 aliphatic carbocycles. The van der Waals surface area contributed by atoms with Gasteiger partial charge in [-0.1, -0.05) is 60.4 Å². The maximum atomic E-state index is 13.3. The molecule has 1 aromatic heterocycles. The monoisotopic (exact) mass is 488 g/mol. The van der Waals surface area contributed by atoms with E-state index in [9.17, 15) is 14.9 Å². The number of hydrogen-bond donors (Lipinski definition) is 0. The highest BCUT2D eigenvalue weighted by Crippen LogP contribution is 2.40. The van der Waals surface area contributed by atoms with Crippen LogP contribution in [0.25, 0.3) is 28.2 Å². The van der Waals surface area contributed by atoms with Gasteiger partial charge in [0, 0.05) is 17.5 Å². The first-order chi connectivity index (χ1) is 16.5. The van der Waals surface area contributed by atoms with Crippen molar-refractivity contribution >= 4 is 62.4 Å². The maximum absolute atomic E-state index is 13.3. The van der Waals surface area contributed by atoms with Crippen molar-refractivity contribution in [3.05, 3.63) is 93.6 Å². The zero-order valence-corrected chi connectivity index (χ0v) is 19.4. The molecule has 4 aromatic rings. The molecule has 34 heavy (non-hydrogen) atoms. The van der Waals surface area contributed by atoms with Gasteiger partial charge < -0.3 is 9.15 Å². The number of carbonyl (C=O) groups is 1. The van der Waals surface area contributed by atoms with Crippen LogP contribution in [0.3, 0.4) is 0 Å². The summed E-state index contributed by atoms with van der Waals surface area (Å²) >= 11 is 6.74. The Balaban J connectivity index is 1.46. The van der Waals surface area contributed by atoms with Crippen LogP contribution in [0, 0.1) is 10.1 Å². The second-order valence-corrected chi connectivity index (χ2v) is 9.03. The summed E-state index contributed by atoms with van der Waals surface area (Å²) < 4.78 is 11.7. The average Bonchev–Trinajstić information content (AvgIpc) is 3.42. The summed E-state index contributed by atoms with van der Waals surface area (Å²) in [5.41, 5.74) is 1.22. The van der Waals surface area contributed by atoms with Gasteiger partial charge in [-0.3, -0.25) is 19.8 Å². The van der Waals surface area contributed by atoms with Crippen molar-refractivity contribution in [3.8, 4) is 17.1 Å². The zero-order chi connectivity index (χ0) is 23.8. The molecule has 0 atom stereocenters. The quantitative estimate of drug-likeness (QED) is 0.139. The van der Waals surface area contributed by atoms with Gasteiger partial charge in [0.1, 0.15) is 17.3 Å². The van der Waals surface area contributed by atoms with E-state index in [1.807, 2.05) is 42.5 Å². The van der Waals surface area contributed by atoms with E-state index in [1.54, 1.807) is 24.3 Å². The summed E-state index contributed by atoms with van der Waals surface area (Å²) in [5, 5.41) is 13.0. The molecule has 1 aliphatic heterocycles. The molecule has 0 bridgehead atoms. The minimum absolute atomic E-state index is 0.0792. The van der Waals surface area contributed by atoms with Gasteiger partial charge in [0.2, 0.25) is 0 Å². The fourth-order valence-electron chi connectivity index (χ4n) is 3.78. The SMILES string of the molecule is COc1cc([N+](=O)[O-])ccc1-c1ccc(/C=C2/SC(=S)N(c3cccc4ccccc34)C2=O)o1. The largest absolute Gasteiger partial charge is 0.496 e. The first-order valence-corrected chi connectivity index (χ1v) is 11.4.